The molecule has 0 heterocycles. The van der Waals surface area contributed by atoms with Gasteiger partial charge in [0.2, 0.25) is 0 Å². The lowest BCUT2D eigenvalue weighted by molar-refractivity contribution is 0.208. The van der Waals surface area contributed by atoms with Crippen LogP contribution < -0.4 is 25.0 Å². The standard InChI is InChI=1S/C25H33N3O4/c1-3-30-24-17-20(18-26-28-25(29)27-21-7-5-4-6-8-21)11-14-23(24)32-16-15-31-22-12-9-19(2)10-13-22/h9-14,17-18,21H,3-8,15-16H2,1-2H3,(H2,27,28,29)/b26-18-. The average molecular weight is 440 g/mol. The Morgan fingerprint density at radius 2 is 1.75 bits per heavy atom. The molecule has 0 spiro atoms. The molecule has 2 amide bonds. The van der Waals surface area contributed by atoms with Gasteiger partial charge in [-0.25, -0.2) is 10.2 Å². The number of hydrogen-bond acceptors (Lipinski definition) is 5. The molecule has 1 aliphatic carbocycles. The molecule has 0 aromatic heterocycles. The largest absolute Gasteiger partial charge is 0.490 e. The summed E-state index contributed by atoms with van der Waals surface area (Å²) in [6.07, 6.45) is 7.24. The first-order chi connectivity index (χ1) is 15.6. The van der Waals surface area contributed by atoms with E-state index in [-0.39, 0.29) is 12.1 Å². The third-order valence-electron chi connectivity index (χ3n) is 5.22. The second-order valence-corrected chi connectivity index (χ2v) is 7.83. The van der Waals surface area contributed by atoms with Gasteiger partial charge in [-0.3, -0.25) is 0 Å². The van der Waals surface area contributed by atoms with Crippen LogP contribution in [0.5, 0.6) is 17.2 Å². The monoisotopic (exact) mass is 439 g/mol. The van der Waals surface area contributed by atoms with Crippen molar-refractivity contribution >= 4 is 12.2 Å². The normalized spacial score (nSPS) is 14.2. The molecular formula is C25H33N3O4. The van der Waals surface area contributed by atoms with Crippen molar-refractivity contribution < 1.29 is 19.0 Å². The van der Waals surface area contributed by atoms with Crippen LogP contribution in [0, 0.1) is 6.92 Å². The van der Waals surface area contributed by atoms with Crippen LogP contribution in [-0.4, -0.2) is 38.1 Å². The van der Waals surface area contributed by atoms with E-state index in [9.17, 15) is 4.79 Å². The van der Waals surface area contributed by atoms with Crippen LogP contribution in [0.1, 0.15) is 50.2 Å². The van der Waals surface area contributed by atoms with Gasteiger partial charge in [-0.15, -0.1) is 0 Å². The van der Waals surface area contributed by atoms with Gasteiger partial charge in [-0.1, -0.05) is 37.0 Å². The van der Waals surface area contributed by atoms with Crippen LogP contribution in [0.4, 0.5) is 4.79 Å². The molecule has 2 N–H and O–H groups in total. The minimum atomic E-state index is -0.272. The van der Waals surface area contributed by atoms with Crippen molar-refractivity contribution in [3.05, 3.63) is 53.6 Å². The van der Waals surface area contributed by atoms with Crippen LogP contribution in [0.2, 0.25) is 0 Å². The second kappa shape index (κ2) is 12.6. The van der Waals surface area contributed by atoms with E-state index < -0.39 is 0 Å². The highest BCUT2D eigenvalue weighted by Gasteiger charge is 2.15. The molecule has 7 nitrogen and oxygen atoms in total. The predicted octanol–water partition coefficient (Wildman–Crippen LogP) is 4.82. The molecule has 2 aromatic carbocycles. The van der Waals surface area contributed by atoms with Crippen molar-refractivity contribution in [3.8, 4) is 17.2 Å². The van der Waals surface area contributed by atoms with Gasteiger partial charge in [-0.05, 0) is 62.6 Å². The molecule has 0 unspecified atom stereocenters. The Bertz CT molecular complexity index is 877. The SMILES string of the molecule is CCOc1cc(/C=N\NC(=O)NC2CCCCC2)ccc1OCCOc1ccc(C)cc1. The number of hydrazone groups is 1. The topological polar surface area (TPSA) is 81.2 Å². The van der Waals surface area contributed by atoms with Gasteiger partial charge in [0.25, 0.3) is 0 Å². The highest BCUT2D eigenvalue weighted by molar-refractivity contribution is 5.82. The summed E-state index contributed by atoms with van der Waals surface area (Å²) in [5.74, 6) is 2.08. The number of aryl methyl sites for hydroxylation is 1. The molecule has 0 saturated heterocycles. The third-order valence-corrected chi connectivity index (χ3v) is 5.22. The van der Waals surface area contributed by atoms with Gasteiger partial charge in [-0.2, -0.15) is 5.10 Å². The van der Waals surface area contributed by atoms with Gasteiger partial charge < -0.3 is 19.5 Å². The summed E-state index contributed by atoms with van der Waals surface area (Å²) in [6, 6.07) is 13.4. The van der Waals surface area contributed by atoms with Crippen LogP contribution in [-0.2, 0) is 0 Å². The molecule has 1 saturated carbocycles. The number of carbonyl (C=O) groups is 1. The van der Waals surface area contributed by atoms with Crippen LogP contribution >= 0.6 is 0 Å². The van der Waals surface area contributed by atoms with E-state index in [4.69, 9.17) is 14.2 Å². The zero-order valence-corrected chi connectivity index (χ0v) is 18.9. The predicted molar refractivity (Wildman–Crippen MR) is 126 cm³/mol. The summed E-state index contributed by atoms with van der Waals surface area (Å²) >= 11 is 0. The number of carbonyl (C=O) groups excluding carboxylic acids is 1. The number of nitrogens with one attached hydrogen (secondary N) is 2. The van der Waals surface area contributed by atoms with Crippen molar-refractivity contribution in [2.24, 2.45) is 5.10 Å². The summed E-state index contributed by atoms with van der Waals surface area (Å²) in [6.45, 7) is 5.29. The summed E-state index contributed by atoms with van der Waals surface area (Å²) in [7, 11) is 0. The molecule has 1 fully saturated rings. The minimum absolute atomic E-state index is 0.245. The first-order valence-electron chi connectivity index (χ1n) is 11.3. The zero-order valence-electron chi connectivity index (χ0n) is 18.9. The van der Waals surface area contributed by atoms with Crippen molar-refractivity contribution in [3.63, 3.8) is 0 Å². The number of rotatable bonds is 10. The molecule has 0 atom stereocenters. The van der Waals surface area contributed by atoms with Gasteiger partial charge >= 0.3 is 6.03 Å². The zero-order chi connectivity index (χ0) is 22.6. The maximum absolute atomic E-state index is 12.0. The van der Waals surface area contributed by atoms with Gasteiger partial charge in [0.1, 0.15) is 19.0 Å². The fraction of sp³-hybridized carbons (Fsp3) is 0.440. The minimum Gasteiger partial charge on any atom is -0.490 e. The summed E-state index contributed by atoms with van der Waals surface area (Å²) in [5.41, 5.74) is 4.53. The molecular weight excluding hydrogens is 406 g/mol. The van der Waals surface area contributed by atoms with Crippen molar-refractivity contribution in [2.75, 3.05) is 19.8 Å². The first kappa shape index (κ1) is 23.4. The number of nitrogens with zero attached hydrogens (tertiary/aromatic N) is 1. The number of benzene rings is 2. The Hall–Kier alpha value is -3.22. The van der Waals surface area contributed by atoms with E-state index in [1.54, 1.807) is 6.21 Å². The van der Waals surface area contributed by atoms with Crippen LogP contribution in [0.15, 0.2) is 47.6 Å². The first-order valence-corrected chi connectivity index (χ1v) is 11.3. The molecule has 7 heteroatoms. The summed E-state index contributed by atoms with van der Waals surface area (Å²) < 4.78 is 17.3. The van der Waals surface area contributed by atoms with Gasteiger partial charge in [0, 0.05) is 6.04 Å². The molecule has 172 valence electrons. The quantitative estimate of drug-likeness (QED) is 0.316. The second-order valence-electron chi connectivity index (χ2n) is 7.83. The smallest absolute Gasteiger partial charge is 0.335 e. The third kappa shape index (κ3) is 7.80. The lowest BCUT2D eigenvalue weighted by Crippen LogP contribution is -2.41. The van der Waals surface area contributed by atoms with Crippen molar-refractivity contribution in [1.29, 1.82) is 0 Å². The van der Waals surface area contributed by atoms with Crippen molar-refractivity contribution in [2.45, 2.75) is 52.0 Å². The molecule has 2 aromatic rings. The highest BCUT2D eigenvalue weighted by atomic mass is 16.5. The Morgan fingerprint density at radius 1 is 1.00 bits per heavy atom. The molecule has 32 heavy (non-hydrogen) atoms. The van der Waals surface area contributed by atoms with E-state index in [2.05, 4.69) is 15.8 Å². The number of urea groups is 1. The average Bonchev–Trinajstić information content (AvgIpc) is 2.80. The highest BCUT2D eigenvalue weighted by Crippen LogP contribution is 2.28. The number of ether oxygens (including phenoxy) is 3. The Morgan fingerprint density at radius 3 is 2.50 bits per heavy atom. The molecule has 0 bridgehead atoms. The Balaban J connectivity index is 1.47. The number of hydrogen-bond donors (Lipinski definition) is 2. The summed E-state index contributed by atoms with van der Waals surface area (Å²) in [4.78, 5) is 12.0. The van der Waals surface area contributed by atoms with E-state index >= 15 is 0 Å². The maximum atomic E-state index is 12.0. The maximum Gasteiger partial charge on any atom is 0.335 e. The van der Waals surface area contributed by atoms with Gasteiger partial charge in [0.05, 0.1) is 12.8 Å². The Kier molecular flexibility index (Phi) is 9.22. The lowest BCUT2D eigenvalue weighted by atomic mass is 9.96. The van der Waals surface area contributed by atoms with Crippen LogP contribution in [0.3, 0.4) is 0 Å². The van der Waals surface area contributed by atoms with E-state index in [0.717, 1.165) is 24.2 Å². The fourth-order valence-corrected chi connectivity index (χ4v) is 3.57. The number of amides is 2. The van der Waals surface area contributed by atoms with Crippen molar-refractivity contribution in [1.82, 2.24) is 10.7 Å². The molecule has 0 aliphatic heterocycles. The van der Waals surface area contributed by atoms with E-state index in [0.29, 0.717) is 31.3 Å². The molecule has 1 aliphatic rings. The summed E-state index contributed by atoms with van der Waals surface area (Å²) in [5, 5.41) is 7.02. The van der Waals surface area contributed by atoms with Crippen LogP contribution in [0.25, 0.3) is 0 Å². The van der Waals surface area contributed by atoms with E-state index in [1.165, 1.54) is 24.8 Å². The Labute approximate surface area is 190 Å². The van der Waals surface area contributed by atoms with Gasteiger partial charge in [0.15, 0.2) is 11.5 Å². The van der Waals surface area contributed by atoms with E-state index in [1.807, 2.05) is 56.3 Å². The molecule has 0 radical (unpaired) electrons. The fourth-order valence-electron chi connectivity index (χ4n) is 3.57. The lowest BCUT2D eigenvalue weighted by Gasteiger charge is -2.22. The molecule has 3 rings (SSSR count).